The molecule has 0 spiro atoms. The summed E-state index contributed by atoms with van der Waals surface area (Å²) in [4.78, 5) is 14.3. The Morgan fingerprint density at radius 1 is 1.00 bits per heavy atom. The third-order valence-electron chi connectivity index (χ3n) is 6.07. The van der Waals surface area contributed by atoms with Gasteiger partial charge >= 0.3 is 0 Å². The van der Waals surface area contributed by atoms with Gasteiger partial charge in [0.15, 0.2) is 17.0 Å². The van der Waals surface area contributed by atoms with Gasteiger partial charge in [0.2, 0.25) is 5.95 Å². The summed E-state index contributed by atoms with van der Waals surface area (Å²) in [5.74, 6) is 1.59. The van der Waals surface area contributed by atoms with Crippen molar-refractivity contribution >= 4 is 72.6 Å². The molecule has 0 bridgehead atoms. The molecule has 11 heteroatoms. The van der Waals surface area contributed by atoms with Gasteiger partial charge in [-0.2, -0.15) is 9.97 Å². The maximum Gasteiger partial charge on any atom is 0.227 e. The second-order valence-electron chi connectivity index (χ2n) is 8.19. The van der Waals surface area contributed by atoms with Gasteiger partial charge in [-0.15, -0.1) is 49.6 Å². The third-order valence-corrected chi connectivity index (χ3v) is 6.07. The highest BCUT2D eigenvalue weighted by molar-refractivity contribution is 5.86. The number of anilines is 2. The summed E-state index contributed by atoms with van der Waals surface area (Å²) in [5, 5.41) is 7.06. The molecule has 2 saturated carbocycles. The first kappa shape index (κ1) is 30.3. The van der Waals surface area contributed by atoms with Crippen LogP contribution in [-0.4, -0.2) is 38.1 Å². The van der Waals surface area contributed by atoms with Gasteiger partial charge in [0.25, 0.3) is 0 Å². The zero-order chi connectivity index (χ0) is 18.6. The fourth-order valence-electron chi connectivity index (χ4n) is 4.38. The summed E-state index contributed by atoms with van der Waals surface area (Å²) < 4.78 is 2.27. The minimum atomic E-state index is 0. The second-order valence-corrected chi connectivity index (χ2v) is 8.19. The standard InChI is InChI=1S/C20H33N7.4ClH/c1-2-3-12-22-18-17-19(27(13-23-17)16-6-4-5-7-16)26-20(25-18)24-15-10-8-14(21)9-11-15;;;;/h13-16H,2-12,21H2,1H3,(H2,22,24,25,26);4*1H. The van der Waals surface area contributed by atoms with E-state index in [-0.39, 0.29) is 49.6 Å². The number of rotatable bonds is 7. The van der Waals surface area contributed by atoms with E-state index in [2.05, 4.69) is 27.1 Å². The Morgan fingerprint density at radius 3 is 2.32 bits per heavy atom. The quantitative estimate of drug-likeness (QED) is 0.419. The Hall–Kier alpha value is -0.730. The normalized spacial score (nSPS) is 20.7. The Morgan fingerprint density at radius 2 is 1.68 bits per heavy atom. The van der Waals surface area contributed by atoms with Crippen molar-refractivity contribution in [2.24, 2.45) is 5.73 Å². The molecule has 0 aliphatic heterocycles. The predicted octanol–water partition coefficient (Wildman–Crippen LogP) is 5.52. The molecule has 0 atom stereocenters. The molecule has 31 heavy (non-hydrogen) atoms. The topological polar surface area (TPSA) is 93.7 Å². The highest BCUT2D eigenvalue weighted by Crippen LogP contribution is 2.33. The zero-order valence-corrected chi connectivity index (χ0v) is 21.4. The Bertz CT molecular complexity index is 759. The number of hydrogen-bond acceptors (Lipinski definition) is 6. The lowest BCUT2D eigenvalue weighted by Crippen LogP contribution is -2.33. The molecule has 2 aromatic heterocycles. The van der Waals surface area contributed by atoms with Crippen LogP contribution in [0.15, 0.2) is 6.33 Å². The number of unbranched alkanes of at least 4 members (excludes halogenated alkanes) is 1. The summed E-state index contributed by atoms with van der Waals surface area (Å²) in [6.45, 7) is 3.11. The van der Waals surface area contributed by atoms with Crippen molar-refractivity contribution in [3.05, 3.63) is 6.33 Å². The van der Waals surface area contributed by atoms with E-state index in [0.29, 0.717) is 18.1 Å². The molecule has 0 amide bonds. The van der Waals surface area contributed by atoms with E-state index < -0.39 is 0 Å². The summed E-state index contributed by atoms with van der Waals surface area (Å²) >= 11 is 0. The number of imidazole rings is 1. The van der Waals surface area contributed by atoms with Crippen LogP contribution >= 0.6 is 49.6 Å². The third kappa shape index (κ3) is 7.39. The molecule has 2 aliphatic carbocycles. The summed E-state index contributed by atoms with van der Waals surface area (Å²) in [7, 11) is 0. The van der Waals surface area contributed by atoms with Crippen LogP contribution in [0.4, 0.5) is 11.8 Å². The fraction of sp³-hybridized carbons (Fsp3) is 0.750. The van der Waals surface area contributed by atoms with Crippen molar-refractivity contribution in [2.45, 2.75) is 89.3 Å². The van der Waals surface area contributed by atoms with Crippen molar-refractivity contribution in [2.75, 3.05) is 17.2 Å². The van der Waals surface area contributed by atoms with Crippen LogP contribution in [0, 0.1) is 0 Å². The minimum absolute atomic E-state index is 0. The smallest absolute Gasteiger partial charge is 0.227 e. The molecule has 0 unspecified atom stereocenters. The number of nitrogens with two attached hydrogens (primary N) is 1. The average Bonchev–Trinajstić information content (AvgIpc) is 3.33. The SMILES string of the molecule is CCCCNc1nc(NC2CCC(N)CC2)nc2c1ncn2C1CCCC1.Cl.Cl.Cl.Cl. The first-order chi connectivity index (χ1) is 13.2. The molecule has 0 aromatic carbocycles. The maximum absolute atomic E-state index is 6.05. The summed E-state index contributed by atoms with van der Waals surface area (Å²) in [6, 6.07) is 1.28. The number of hydrogen-bond donors (Lipinski definition) is 3. The van der Waals surface area contributed by atoms with E-state index in [0.717, 1.165) is 68.0 Å². The largest absolute Gasteiger partial charge is 0.368 e. The molecule has 2 aromatic rings. The Kier molecular flexibility index (Phi) is 14.1. The van der Waals surface area contributed by atoms with Crippen molar-refractivity contribution in [3.63, 3.8) is 0 Å². The van der Waals surface area contributed by atoms with E-state index in [9.17, 15) is 0 Å². The highest BCUT2D eigenvalue weighted by Gasteiger charge is 2.23. The molecule has 4 N–H and O–H groups in total. The molecular formula is C20H37Cl4N7. The number of nitrogens with one attached hydrogen (secondary N) is 2. The first-order valence-corrected chi connectivity index (χ1v) is 10.7. The van der Waals surface area contributed by atoms with Gasteiger partial charge in [0.05, 0.1) is 6.33 Å². The van der Waals surface area contributed by atoms with Gasteiger partial charge in [0.1, 0.15) is 0 Å². The molecule has 2 fully saturated rings. The van der Waals surface area contributed by atoms with E-state index in [1.165, 1.54) is 25.7 Å². The number of fused-ring (bicyclic) bond motifs is 1. The molecule has 4 rings (SSSR count). The lowest BCUT2D eigenvalue weighted by molar-refractivity contribution is 0.410. The van der Waals surface area contributed by atoms with E-state index in [4.69, 9.17) is 15.7 Å². The molecule has 180 valence electrons. The van der Waals surface area contributed by atoms with Gasteiger partial charge in [-0.1, -0.05) is 26.2 Å². The summed E-state index contributed by atoms with van der Waals surface area (Å²) in [5.41, 5.74) is 7.91. The average molecular weight is 517 g/mol. The van der Waals surface area contributed by atoms with Crippen LogP contribution in [0.2, 0.25) is 0 Å². The van der Waals surface area contributed by atoms with Crippen LogP contribution in [0.25, 0.3) is 11.2 Å². The minimum Gasteiger partial charge on any atom is -0.368 e. The molecule has 0 radical (unpaired) electrons. The van der Waals surface area contributed by atoms with Crippen LogP contribution in [0.5, 0.6) is 0 Å². The van der Waals surface area contributed by atoms with Crippen LogP contribution in [0.1, 0.15) is 77.2 Å². The molecule has 7 nitrogen and oxygen atoms in total. The molecule has 2 heterocycles. The monoisotopic (exact) mass is 515 g/mol. The van der Waals surface area contributed by atoms with Gasteiger partial charge < -0.3 is 20.9 Å². The zero-order valence-electron chi connectivity index (χ0n) is 18.1. The van der Waals surface area contributed by atoms with Crippen LogP contribution < -0.4 is 16.4 Å². The lowest BCUT2D eigenvalue weighted by atomic mass is 9.92. The number of nitrogens with zero attached hydrogens (tertiary/aromatic N) is 4. The molecular weight excluding hydrogens is 480 g/mol. The van der Waals surface area contributed by atoms with Gasteiger partial charge in [-0.25, -0.2) is 4.98 Å². The van der Waals surface area contributed by atoms with Crippen LogP contribution in [-0.2, 0) is 0 Å². The van der Waals surface area contributed by atoms with Gasteiger partial charge in [-0.3, -0.25) is 0 Å². The van der Waals surface area contributed by atoms with Crippen molar-refractivity contribution in [1.82, 2.24) is 19.5 Å². The van der Waals surface area contributed by atoms with Gasteiger partial charge in [0, 0.05) is 24.7 Å². The van der Waals surface area contributed by atoms with Gasteiger partial charge in [-0.05, 0) is 44.9 Å². The van der Waals surface area contributed by atoms with E-state index >= 15 is 0 Å². The number of halogens is 4. The molecule has 2 aliphatic rings. The van der Waals surface area contributed by atoms with Crippen molar-refractivity contribution in [3.8, 4) is 0 Å². The first-order valence-electron chi connectivity index (χ1n) is 10.7. The van der Waals surface area contributed by atoms with E-state index in [1.54, 1.807) is 0 Å². The fourth-order valence-corrected chi connectivity index (χ4v) is 4.38. The van der Waals surface area contributed by atoms with Crippen LogP contribution in [0.3, 0.4) is 0 Å². The predicted molar refractivity (Wildman–Crippen MR) is 139 cm³/mol. The Balaban J connectivity index is 0.00000225. The number of aromatic nitrogens is 4. The van der Waals surface area contributed by atoms with Crippen molar-refractivity contribution < 1.29 is 0 Å². The Labute approximate surface area is 210 Å². The van der Waals surface area contributed by atoms with E-state index in [1.807, 2.05) is 6.33 Å². The second kappa shape index (κ2) is 14.4. The van der Waals surface area contributed by atoms with Crippen molar-refractivity contribution in [1.29, 1.82) is 0 Å². The maximum atomic E-state index is 6.05. The highest BCUT2D eigenvalue weighted by atomic mass is 35.5. The lowest BCUT2D eigenvalue weighted by Gasteiger charge is -2.27. The molecule has 0 saturated heterocycles. The summed E-state index contributed by atoms with van der Waals surface area (Å²) in [6.07, 6.45) is 13.6.